The van der Waals surface area contributed by atoms with Crippen LogP contribution in [-0.2, 0) is 17.1 Å². The van der Waals surface area contributed by atoms with Gasteiger partial charge in [0.15, 0.2) is 0 Å². The van der Waals surface area contributed by atoms with E-state index >= 15 is 0 Å². The molecule has 1 aromatic heterocycles. The fourth-order valence-corrected chi connectivity index (χ4v) is 3.78. The summed E-state index contributed by atoms with van der Waals surface area (Å²) in [5.41, 5.74) is 2.68. The summed E-state index contributed by atoms with van der Waals surface area (Å²) in [5.74, 6) is 0.0921. The molecule has 0 atom stereocenters. The Hall–Kier alpha value is -3.98. The van der Waals surface area contributed by atoms with E-state index in [4.69, 9.17) is 0 Å². The first-order valence-electron chi connectivity index (χ1n) is 9.82. The normalized spacial score (nSPS) is 10.9. The van der Waals surface area contributed by atoms with Crippen molar-refractivity contribution in [2.45, 2.75) is 6.42 Å². The molecule has 0 aliphatic rings. The molecular formula is C23H20N4O4S. The number of aryl methyl sites for hydroxylation is 1. The number of nitrogens with zero attached hydrogens (tertiary/aromatic N) is 2. The number of fused-ring (bicyclic) bond motifs is 1. The molecule has 0 fully saturated rings. The topological polar surface area (TPSA) is 121 Å². The molecule has 1 heterocycles. The van der Waals surface area contributed by atoms with E-state index in [1.54, 1.807) is 36.5 Å². The smallest absolute Gasteiger partial charge is 0.336 e. The van der Waals surface area contributed by atoms with Crippen molar-refractivity contribution in [3.8, 4) is 0 Å². The molecule has 0 amide bonds. The highest BCUT2D eigenvalue weighted by atomic mass is 32.2. The number of anilines is 4. The largest absolute Gasteiger partial charge is 0.478 e. The van der Waals surface area contributed by atoms with Gasteiger partial charge in [-0.05, 0) is 59.2 Å². The van der Waals surface area contributed by atoms with Gasteiger partial charge in [0.05, 0.1) is 11.3 Å². The van der Waals surface area contributed by atoms with Crippen LogP contribution >= 0.6 is 0 Å². The maximum absolute atomic E-state index is 11.4. The van der Waals surface area contributed by atoms with E-state index in [1.165, 1.54) is 0 Å². The minimum Gasteiger partial charge on any atom is -0.478 e. The highest BCUT2D eigenvalue weighted by Crippen LogP contribution is 2.25. The zero-order valence-corrected chi connectivity index (χ0v) is 17.8. The lowest BCUT2D eigenvalue weighted by molar-refractivity contribution is 0.0699. The number of aromatic carboxylic acids is 1. The predicted molar refractivity (Wildman–Crippen MR) is 125 cm³/mol. The molecule has 0 aliphatic heterocycles. The Balaban J connectivity index is 1.51. The van der Waals surface area contributed by atoms with Gasteiger partial charge in [-0.2, -0.15) is 4.98 Å². The van der Waals surface area contributed by atoms with Crippen LogP contribution in [0.3, 0.4) is 0 Å². The van der Waals surface area contributed by atoms with Gasteiger partial charge < -0.3 is 15.7 Å². The Morgan fingerprint density at radius 2 is 1.75 bits per heavy atom. The molecule has 9 heteroatoms. The summed E-state index contributed by atoms with van der Waals surface area (Å²) >= 11 is 0. The first-order valence-corrected chi connectivity index (χ1v) is 11.2. The standard InChI is InChI=1S/C23H20N4O4S/c28-22(29)20-6-2-4-16-14-18(7-8-19(16)20)25-21-9-11-24-23(27-21)26-17-5-1-3-15(13-17)10-12-32(30)31/h1-9,11,13-14,32H,10,12H2,(H,28,29)(H2,24,25,26,27). The van der Waals surface area contributed by atoms with Gasteiger partial charge >= 0.3 is 5.97 Å². The second-order valence-electron chi connectivity index (χ2n) is 7.07. The molecule has 4 rings (SSSR count). The van der Waals surface area contributed by atoms with Gasteiger partial charge in [0.2, 0.25) is 5.95 Å². The van der Waals surface area contributed by atoms with Gasteiger partial charge in [-0.1, -0.05) is 30.3 Å². The monoisotopic (exact) mass is 448 g/mol. The molecule has 0 saturated heterocycles. The molecule has 0 bridgehead atoms. The summed E-state index contributed by atoms with van der Waals surface area (Å²) in [7, 11) is -2.41. The van der Waals surface area contributed by atoms with Crippen LogP contribution in [0, 0.1) is 0 Å². The van der Waals surface area contributed by atoms with Crippen LogP contribution in [0.4, 0.5) is 23.1 Å². The van der Waals surface area contributed by atoms with Crippen molar-refractivity contribution in [1.82, 2.24) is 9.97 Å². The average molecular weight is 449 g/mol. The van der Waals surface area contributed by atoms with E-state index in [2.05, 4.69) is 20.6 Å². The number of carboxylic acid groups (broad SMARTS) is 1. The zero-order valence-electron chi connectivity index (χ0n) is 16.9. The summed E-state index contributed by atoms with van der Waals surface area (Å²) in [6.07, 6.45) is 2.06. The average Bonchev–Trinajstić information content (AvgIpc) is 2.77. The number of benzene rings is 3. The fourth-order valence-electron chi connectivity index (χ4n) is 3.34. The molecule has 0 unspecified atom stereocenters. The first kappa shape index (κ1) is 21.3. The van der Waals surface area contributed by atoms with Crippen molar-refractivity contribution in [3.63, 3.8) is 0 Å². The van der Waals surface area contributed by atoms with E-state index in [9.17, 15) is 18.3 Å². The summed E-state index contributed by atoms with van der Waals surface area (Å²) in [6.45, 7) is 0. The lowest BCUT2D eigenvalue weighted by Gasteiger charge is -2.10. The summed E-state index contributed by atoms with van der Waals surface area (Å²) in [5, 5.41) is 17.2. The minimum absolute atomic E-state index is 0.106. The fraction of sp³-hybridized carbons (Fsp3) is 0.0870. The summed E-state index contributed by atoms with van der Waals surface area (Å²) in [6, 6.07) is 19.7. The van der Waals surface area contributed by atoms with Crippen LogP contribution in [0.15, 0.2) is 72.9 Å². The second-order valence-corrected chi connectivity index (χ2v) is 8.18. The molecule has 32 heavy (non-hydrogen) atoms. The van der Waals surface area contributed by atoms with Crippen LogP contribution in [0.25, 0.3) is 10.8 Å². The SMILES string of the molecule is O=C(O)c1cccc2cc(Nc3ccnc(Nc4cccc(CC[SH](=O)=O)c4)n3)ccc12. The molecule has 0 saturated carbocycles. The Morgan fingerprint density at radius 3 is 2.56 bits per heavy atom. The molecule has 3 N–H and O–H groups in total. The molecule has 8 nitrogen and oxygen atoms in total. The van der Waals surface area contributed by atoms with E-state index < -0.39 is 16.7 Å². The van der Waals surface area contributed by atoms with Crippen molar-refractivity contribution < 1.29 is 18.3 Å². The predicted octanol–water partition coefficient (Wildman–Crippen LogP) is 3.97. The summed E-state index contributed by atoms with van der Waals surface area (Å²) < 4.78 is 21.6. The maximum Gasteiger partial charge on any atom is 0.336 e. The zero-order chi connectivity index (χ0) is 22.5. The van der Waals surface area contributed by atoms with Crippen molar-refractivity contribution in [2.75, 3.05) is 16.4 Å². The molecule has 162 valence electrons. The third kappa shape index (κ3) is 5.19. The van der Waals surface area contributed by atoms with Crippen LogP contribution in [0.1, 0.15) is 15.9 Å². The number of hydrogen-bond donors (Lipinski definition) is 4. The molecular weight excluding hydrogens is 428 g/mol. The molecule has 3 aromatic carbocycles. The number of nitrogens with one attached hydrogen (secondary N) is 2. The molecule has 0 radical (unpaired) electrons. The van der Waals surface area contributed by atoms with Crippen LogP contribution < -0.4 is 10.6 Å². The Bertz CT molecular complexity index is 1360. The van der Waals surface area contributed by atoms with Gasteiger partial charge in [0.1, 0.15) is 16.5 Å². The van der Waals surface area contributed by atoms with E-state index in [0.717, 1.165) is 22.3 Å². The van der Waals surface area contributed by atoms with E-state index in [0.29, 0.717) is 23.6 Å². The van der Waals surface area contributed by atoms with Crippen molar-refractivity contribution in [3.05, 3.63) is 84.1 Å². The lowest BCUT2D eigenvalue weighted by atomic mass is 10.0. The number of aromatic nitrogens is 2. The van der Waals surface area contributed by atoms with Crippen LogP contribution in [0.2, 0.25) is 0 Å². The first-order chi connectivity index (χ1) is 15.5. The Morgan fingerprint density at radius 1 is 0.938 bits per heavy atom. The van der Waals surface area contributed by atoms with Crippen LogP contribution in [0.5, 0.6) is 0 Å². The van der Waals surface area contributed by atoms with Crippen molar-refractivity contribution in [1.29, 1.82) is 0 Å². The van der Waals surface area contributed by atoms with Gasteiger partial charge in [0, 0.05) is 17.6 Å². The van der Waals surface area contributed by atoms with Gasteiger partial charge in [-0.25, -0.2) is 18.2 Å². The number of carboxylic acids is 1. The highest BCUT2D eigenvalue weighted by molar-refractivity contribution is 7.72. The molecule has 4 aromatic rings. The Labute approximate surface area is 185 Å². The third-order valence-electron chi connectivity index (χ3n) is 4.80. The lowest BCUT2D eigenvalue weighted by Crippen LogP contribution is -2.01. The number of rotatable bonds is 8. The van der Waals surface area contributed by atoms with Gasteiger partial charge in [-0.15, -0.1) is 0 Å². The number of hydrogen-bond acceptors (Lipinski definition) is 7. The third-order valence-corrected chi connectivity index (χ3v) is 5.39. The molecule has 0 spiro atoms. The minimum atomic E-state index is -2.41. The number of carbonyl (C=O) groups is 1. The summed E-state index contributed by atoms with van der Waals surface area (Å²) in [4.78, 5) is 20.1. The van der Waals surface area contributed by atoms with Gasteiger partial charge in [-0.3, -0.25) is 0 Å². The highest BCUT2D eigenvalue weighted by Gasteiger charge is 2.09. The van der Waals surface area contributed by atoms with Crippen molar-refractivity contribution >= 4 is 50.6 Å². The number of thiol groups is 1. The van der Waals surface area contributed by atoms with Crippen molar-refractivity contribution in [2.24, 2.45) is 0 Å². The van der Waals surface area contributed by atoms with E-state index in [1.807, 2.05) is 36.4 Å². The quantitative estimate of drug-likeness (QED) is 0.299. The van der Waals surface area contributed by atoms with Gasteiger partial charge in [0.25, 0.3) is 0 Å². The maximum atomic E-state index is 11.4. The van der Waals surface area contributed by atoms with E-state index in [-0.39, 0.29) is 11.3 Å². The second kappa shape index (κ2) is 9.44. The Kier molecular flexibility index (Phi) is 6.27. The molecule has 0 aliphatic carbocycles. The van der Waals surface area contributed by atoms with Crippen LogP contribution in [-0.4, -0.2) is 35.2 Å².